The summed E-state index contributed by atoms with van der Waals surface area (Å²) in [6.45, 7) is 0. The highest BCUT2D eigenvalue weighted by Crippen LogP contribution is 2.37. The summed E-state index contributed by atoms with van der Waals surface area (Å²) >= 11 is 0. The maximum Gasteiger partial charge on any atom is 0.262 e. The molecule has 0 spiro atoms. The summed E-state index contributed by atoms with van der Waals surface area (Å²) in [5, 5.41) is 2.68. The molecule has 11 nitrogen and oxygen atoms in total. The average molecular weight is 670 g/mol. The summed E-state index contributed by atoms with van der Waals surface area (Å²) in [4.78, 5) is 36.6. The standard InChI is InChI=1S/C38H23N9O2S/c48-50(49,47-21-11-2-1-3-12-21)29-20-10-19-28-30(29)38-45-36-27-18-9-8-17-26(27)34(43-36)41-32-23-14-5-4-13-22(23)31(39-32)40-33-24-15-6-7-16-25(24)35(42-33)44-37(28)46-38/h1-20,47H,(H2,39,40,41,42,43,44,45,46). The zero-order chi connectivity index (χ0) is 33.4. The average Bonchev–Trinajstić information content (AvgIpc) is 3.87. The molecular formula is C38H23N9O2S. The molecule has 238 valence electrons. The summed E-state index contributed by atoms with van der Waals surface area (Å²) < 4.78 is 30.8. The highest BCUT2D eigenvalue weighted by molar-refractivity contribution is 7.93. The highest BCUT2D eigenvalue weighted by Gasteiger charge is 2.25. The third-order valence-corrected chi connectivity index (χ3v) is 10.3. The van der Waals surface area contributed by atoms with Gasteiger partial charge in [0, 0.05) is 49.5 Å². The third kappa shape index (κ3) is 4.39. The first-order chi connectivity index (χ1) is 24.5. The van der Waals surface area contributed by atoms with Crippen LogP contribution in [0.5, 0.6) is 0 Å². The van der Waals surface area contributed by atoms with Crippen molar-refractivity contribution in [2.24, 2.45) is 0 Å². The molecule has 50 heavy (non-hydrogen) atoms. The molecule has 5 aromatic carbocycles. The van der Waals surface area contributed by atoms with Gasteiger partial charge < -0.3 is 9.97 Å². The SMILES string of the molecule is O=S(=O)(Nc1ccccc1)c1cccc2c3nc4nc(nc5[nH]c(nc6nc(nc([nH]3)c12)-c1ccccc1-6)c1ccccc51)-c1ccccc1-4. The number of anilines is 1. The van der Waals surface area contributed by atoms with Crippen molar-refractivity contribution in [1.29, 1.82) is 0 Å². The summed E-state index contributed by atoms with van der Waals surface area (Å²) in [5.41, 5.74) is 5.47. The van der Waals surface area contributed by atoms with Gasteiger partial charge in [-0.2, -0.15) is 0 Å². The van der Waals surface area contributed by atoms with Crippen molar-refractivity contribution in [3.63, 3.8) is 0 Å². The smallest absolute Gasteiger partial charge is 0.262 e. The molecule has 0 fully saturated rings. The summed E-state index contributed by atoms with van der Waals surface area (Å²) in [7, 11) is -4.08. The maximum absolute atomic E-state index is 14.0. The third-order valence-electron chi connectivity index (χ3n) is 8.86. The van der Waals surface area contributed by atoms with Gasteiger partial charge in [0.05, 0.1) is 4.90 Å². The lowest BCUT2D eigenvalue weighted by Crippen LogP contribution is -2.13. The number of sulfonamides is 1. The normalized spacial score (nSPS) is 12.2. The van der Waals surface area contributed by atoms with Crippen molar-refractivity contribution in [2.45, 2.75) is 4.90 Å². The van der Waals surface area contributed by atoms with Crippen molar-refractivity contribution in [3.8, 4) is 45.6 Å². The highest BCUT2D eigenvalue weighted by atomic mass is 32.2. The van der Waals surface area contributed by atoms with Gasteiger partial charge in [-0.1, -0.05) is 103 Å². The van der Waals surface area contributed by atoms with Gasteiger partial charge in [0.25, 0.3) is 10.0 Å². The van der Waals surface area contributed by atoms with Gasteiger partial charge in [-0.25, -0.2) is 38.3 Å². The van der Waals surface area contributed by atoms with E-state index >= 15 is 0 Å². The molecule has 0 amide bonds. The molecule has 0 saturated heterocycles. The van der Waals surface area contributed by atoms with Crippen LogP contribution in [0.1, 0.15) is 0 Å². The summed E-state index contributed by atoms with van der Waals surface area (Å²) in [6.07, 6.45) is 0. The van der Waals surface area contributed by atoms with Crippen LogP contribution in [-0.4, -0.2) is 48.3 Å². The minimum absolute atomic E-state index is 0.0371. The van der Waals surface area contributed by atoms with Crippen LogP contribution >= 0.6 is 0 Å². The molecule has 3 aromatic heterocycles. The van der Waals surface area contributed by atoms with Crippen molar-refractivity contribution in [3.05, 3.63) is 121 Å². The Balaban J connectivity index is 1.37. The number of hydrogen-bond acceptors (Lipinski definition) is 8. The molecule has 8 bridgehead atoms. The van der Waals surface area contributed by atoms with E-state index in [9.17, 15) is 8.42 Å². The molecule has 2 aliphatic heterocycles. The summed E-state index contributed by atoms with van der Waals surface area (Å²) in [6, 6.07) is 37.2. The fourth-order valence-electron chi connectivity index (χ4n) is 6.60. The second-order valence-corrected chi connectivity index (χ2v) is 13.5. The van der Waals surface area contributed by atoms with Crippen LogP contribution in [0, 0.1) is 0 Å². The Labute approximate surface area is 283 Å². The van der Waals surface area contributed by atoms with Crippen molar-refractivity contribution < 1.29 is 8.42 Å². The van der Waals surface area contributed by atoms with E-state index in [0.717, 1.165) is 33.0 Å². The van der Waals surface area contributed by atoms with Crippen LogP contribution in [0.15, 0.2) is 126 Å². The van der Waals surface area contributed by atoms with E-state index in [4.69, 9.17) is 29.9 Å². The number of nitrogens with zero attached hydrogens (tertiary/aromatic N) is 6. The van der Waals surface area contributed by atoms with Crippen LogP contribution in [0.3, 0.4) is 0 Å². The minimum atomic E-state index is -4.08. The lowest BCUT2D eigenvalue weighted by atomic mass is 10.1. The number of aromatic amines is 2. The fraction of sp³-hybridized carbons (Fsp3) is 0. The van der Waals surface area contributed by atoms with Crippen LogP contribution in [0.4, 0.5) is 5.69 Å². The monoisotopic (exact) mass is 669 g/mol. The van der Waals surface area contributed by atoms with E-state index in [1.807, 2.05) is 84.9 Å². The minimum Gasteiger partial charge on any atom is -0.324 e. The van der Waals surface area contributed by atoms with Crippen molar-refractivity contribution >= 4 is 59.8 Å². The molecule has 5 heterocycles. The predicted octanol–water partition coefficient (Wildman–Crippen LogP) is 7.67. The predicted molar refractivity (Wildman–Crippen MR) is 193 cm³/mol. The topological polar surface area (TPSA) is 155 Å². The molecule has 10 rings (SSSR count). The molecular weight excluding hydrogens is 647 g/mol. The zero-order valence-electron chi connectivity index (χ0n) is 26.0. The Morgan fingerprint density at radius 2 is 0.840 bits per heavy atom. The van der Waals surface area contributed by atoms with E-state index in [1.54, 1.807) is 36.4 Å². The first-order valence-electron chi connectivity index (χ1n) is 15.8. The molecule has 12 heteroatoms. The Hall–Kier alpha value is -6.79. The molecule has 3 N–H and O–H groups in total. The largest absolute Gasteiger partial charge is 0.324 e. The second kappa shape index (κ2) is 10.6. The quantitative estimate of drug-likeness (QED) is 0.173. The van der Waals surface area contributed by atoms with Gasteiger partial charge in [-0.15, -0.1) is 0 Å². The van der Waals surface area contributed by atoms with Gasteiger partial charge in [0.15, 0.2) is 23.3 Å². The number of rotatable bonds is 3. The molecule has 0 atom stereocenters. The van der Waals surface area contributed by atoms with Gasteiger partial charge in [-0.3, -0.25) is 4.72 Å². The van der Waals surface area contributed by atoms with Gasteiger partial charge >= 0.3 is 0 Å². The molecule has 2 aliphatic rings. The molecule has 0 unspecified atom stereocenters. The van der Waals surface area contributed by atoms with Gasteiger partial charge in [0.1, 0.15) is 22.6 Å². The number of hydrogen-bond donors (Lipinski definition) is 3. The zero-order valence-corrected chi connectivity index (χ0v) is 26.8. The molecule has 0 saturated carbocycles. The van der Waals surface area contributed by atoms with E-state index in [-0.39, 0.29) is 10.5 Å². The van der Waals surface area contributed by atoms with Gasteiger partial charge in [0.2, 0.25) is 0 Å². The van der Waals surface area contributed by atoms with Crippen molar-refractivity contribution in [1.82, 2.24) is 39.9 Å². The number of para-hydroxylation sites is 1. The lowest BCUT2D eigenvalue weighted by molar-refractivity contribution is 0.602. The van der Waals surface area contributed by atoms with Crippen LogP contribution in [0.2, 0.25) is 0 Å². The Morgan fingerprint density at radius 1 is 0.420 bits per heavy atom. The van der Waals surface area contributed by atoms with E-state index < -0.39 is 10.0 Å². The Kier molecular flexibility index (Phi) is 5.99. The molecule has 8 aromatic rings. The number of nitrogens with one attached hydrogen (secondary N) is 3. The van der Waals surface area contributed by atoms with Crippen LogP contribution in [-0.2, 0) is 10.0 Å². The fourth-order valence-corrected chi connectivity index (χ4v) is 7.89. The number of H-pyrrole nitrogens is 2. The summed E-state index contributed by atoms with van der Waals surface area (Å²) in [5.74, 6) is 1.75. The molecule has 0 radical (unpaired) electrons. The second-order valence-electron chi connectivity index (χ2n) is 11.9. The van der Waals surface area contributed by atoms with Gasteiger partial charge in [-0.05, 0) is 18.2 Å². The number of aromatic nitrogens is 8. The van der Waals surface area contributed by atoms with E-state index in [2.05, 4.69) is 14.7 Å². The first kappa shape index (κ1) is 28.2. The maximum atomic E-state index is 14.0. The molecule has 0 aliphatic carbocycles. The Morgan fingerprint density at radius 3 is 1.38 bits per heavy atom. The van der Waals surface area contributed by atoms with Crippen molar-refractivity contribution in [2.75, 3.05) is 4.72 Å². The van der Waals surface area contributed by atoms with Crippen LogP contribution < -0.4 is 4.72 Å². The number of benzene rings is 5. The van der Waals surface area contributed by atoms with Crippen LogP contribution in [0.25, 0.3) is 89.7 Å². The lowest BCUT2D eigenvalue weighted by Gasteiger charge is -2.09. The van der Waals surface area contributed by atoms with E-state index in [0.29, 0.717) is 56.7 Å². The number of fused-ring (bicyclic) bond motifs is 20. The first-order valence-corrected chi connectivity index (χ1v) is 17.3. The Bertz CT molecular complexity index is 2990. The van der Waals surface area contributed by atoms with E-state index in [1.165, 1.54) is 0 Å².